The Bertz CT molecular complexity index is 827. The van der Waals surface area contributed by atoms with Crippen molar-refractivity contribution in [2.75, 3.05) is 25.0 Å². The number of benzene rings is 1. The molecule has 0 saturated carbocycles. The maximum Gasteiger partial charge on any atom is 0.269 e. The molecule has 142 valence electrons. The highest BCUT2D eigenvalue weighted by Gasteiger charge is 2.25. The van der Waals surface area contributed by atoms with Gasteiger partial charge >= 0.3 is 0 Å². The van der Waals surface area contributed by atoms with Crippen molar-refractivity contribution in [3.63, 3.8) is 0 Å². The van der Waals surface area contributed by atoms with Gasteiger partial charge in [0, 0.05) is 51.1 Å². The predicted octanol–water partition coefficient (Wildman–Crippen LogP) is 2.59. The molecule has 3 rings (SSSR count). The van der Waals surface area contributed by atoms with Gasteiger partial charge in [0.2, 0.25) is 0 Å². The largest absolute Gasteiger partial charge is 0.353 e. The van der Waals surface area contributed by atoms with Gasteiger partial charge in [0.25, 0.3) is 5.69 Å². The summed E-state index contributed by atoms with van der Waals surface area (Å²) in [5, 5.41) is 18.0. The third kappa shape index (κ3) is 4.85. The van der Waals surface area contributed by atoms with E-state index in [1.54, 1.807) is 25.4 Å². The molecule has 2 heterocycles. The van der Waals surface area contributed by atoms with Crippen molar-refractivity contribution >= 4 is 29.1 Å². The number of nitrogens with one attached hydrogen (secondary N) is 2. The molecule has 1 fully saturated rings. The number of hydrogen-bond donors (Lipinski definition) is 2. The minimum atomic E-state index is -0.405. The third-order valence-corrected chi connectivity index (χ3v) is 4.69. The summed E-state index contributed by atoms with van der Waals surface area (Å²) >= 11 is 6.23. The van der Waals surface area contributed by atoms with Gasteiger partial charge < -0.3 is 15.5 Å². The number of pyridine rings is 1. The number of nitro benzene ring substituents is 1. The number of nitrogens with zero attached hydrogens (tertiary/aromatic N) is 4. The van der Waals surface area contributed by atoms with Crippen LogP contribution in [-0.4, -0.2) is 42.0 Å². The second-order valence-corrected chi connectivity index (χ2v) is 6.64. The molecule has 1 aromatic carbocycles. The van der Waals surface area contributed by atoms with Crippen molar-refractivity contribution in [1.29, 1.82) is 0 Å². The number of halogens is 1. The van der Waals surface area contributed by atoms with Crippen LogP contribution in [0.15, 0.2) is 47.6 Å². The van der Waals surface area contributed by atoms with Crippen molar-refractivity contribution in [2.45, 2.75) is 19.0 Å². The zero-order chi connectivity index (χ0) is 19.2. The van der Waals surface area contributed by atoms with E-state index in [9.17, 15) is 10.1 Å². The number of hydrogen-bond acceptors (Lipinski definition) is 5. The Morgan fingerprint density at radius 1 is 1.41 bits per heavy atom. The van der Waals surface area contributed by atoms with Crippen molar-refractivity contribution in [1.82, 2.24) is 15.6 Å². The van der Waals surface area contributed by atoms with Gasteiger partial charge in [0.15, 0.2) is 5.96 Å². The zero-order valence-electron chi connectivity index (χ0n) is 14.9. The highest BCUT2D eigenvalue weighted by atomic mass is 35.5. The summed E-state index contributed by atoms with van der Waals surface area (Å²) < 4.78 is 0. The van der Waals surface area contributed by atoms with Gasteiger partial charge in [0.05, 0.1) is 9.95 Å². The first-order valence-corrected chi connectivity index (χ1v) is 9.00. The molecule has 1 aromatic heterocycles. The van der Waals surface area contributed by atoms with E-state index < -0.39 is 4.92 Å². The minimum absolute atomic E-state index is 0.0838. The summed E-state index contributed by atoms with van der Waals surface area (Å²) in [4.78, 5) is 21.1. The Kier molecular flexibility index (Phi) is 6.08. The Labute approximate surface area is 162 Å². The highest BCUT2D eigenvalue weighted by molar-refractivity contribution is 6.32. The van der Waals surface area contributed by atoms with Gasteiger partial charge in [-0.05, 0) is 24.1 Å². The van der Waals surface area contributed by atoms with Gasteiger partial charge in [-0.25, -0.2) is 4.98 Å². The van der Waals surface area contributed by atoms with Crippen LogP contribution >= 0.6 is 11.6 Å². The molecule has 0 amide bonds. The molecule has 1 unspecified atom stereocenters. The van der Waals surface area contributed by atoms with Gasteiger partial charge in [-0.15, -0.1) is 0 Å². The van der Waals surface area contributed by atoms with Crippen LogP contribution in [-0.2, 0) is 6.54 Å². The average Bonchev–Trinajstić information content (AvgIpc) is 3.14. The molecule has 9 heteroatoms. The van der Waals surface area contributed by atoms with E-state index in [1.807, 2.05) is 12.1 Å². The van der Waals surface area contributed by atoms with E-state index in [0.717, 1.165) is 30.9 Å². The smallest absolute Gasteiger partial charge is 0.269 e. The number of rotatable bonds is 5. The number of anilines is 1. The van der Waals surface area contributed by atoms with Gasteiger partial charge in [0.1, 0.15) is 5.82 Å². The maximum atomic E-state index is 10.7. The van der Waals surface area contributed by atoms with Crippen LogP contribution in [0.1, 0.15) is 12.0 Å². The van der Waals surface area contributed by atoms with Crippen molar-refractivity contribution in [3.05, 3.63) is 63.3 Å². The van der Waals surface area contributed by atoms with Gasteiger partial charge in [-0.1, -0.05) is 23.7 Å². The fourth-order valence-corrected chi connectivity index (χ4v) is 3.23. The van der Waals surface area contributed by atoms with E-state index in [1.165, 1.54) is 12.1 Å². The van der Waals surface area contributed by atoms with Crippen molar-refractivity contribution in [3.8, 4) is 0 Å². The molecule has 0 spiro atoms. The van der Waals surface area contributed by atoms with E-state index in [2.05, 4.69) is 25.5 Å². The molecule has 0 aliphatic carbocycles. The Hall–Kier alpha value is -2.87. The molecule has 1 atom stereocenters. The molecule has 0 radical (unpaired) electrons. The number of non-ortho nitro benzene ring substituents is 1. The van der Waals surface area contributed by atoms with Crippen LogP contribution in [0, 0.1) is 10.1 Å². The molecular formula is C18H21ClN6O2. The van der Waals surface area contributed by atoms with Crippen LogP contribution in [0.2, 0.25) is 5.02 Å². The lowest BCUT2D eigenvalue weighted by Gasteiger charge is -2.20. The van der Waals surface area contributed by atoms with Crippen LogP contribution in [0.3, 0.4) is 0 Å². The number of nitro groups is 1. The van der Waals surface area contributed by atoms with Crippen LogP contribution < -0.4 is 15.5 Å². The van der Waals surface area contributed by atoms with Gasteiger partial charge in [-0.3, -0.25) is 15.1 Å². The summed E-state index contributed by atoms with van der Waals surface area (Å²) in [6, 6.07) is 10.4. The fourth-order valence-electron chi connectivity index (χ4n) is 2.99. The van der Waals surface area contributed by atoms with E-state index in [0.29, 0.717) is 17.5 Å². The van der Waals surface area contributed by atoms with Gasteiger partial charge in [-0.2, -0.15) is 0 Å². The second kappa shape index (κ2) is 8.68. The molecule has 27 heavy (non-hydrogen) atoms. The lowest BCUT2D eigenvalue weighted by molar-refractivity contribution is -0.384. The summed E-state index contributed by atoms with van der Waals surface area (Å²) in [6.07, 6.45) is 2.69. The molecule has 8 nitrogen and oxygen atoms in total. The number of guanidine groups is 1. The summed E-state index contributed by atoms with van der Waals surface area (Å²) in [7, 11) is 1.72. The molecule has 1 aliphatic rings. The fraction of sp³-hybridized carbons (Fsp3) is 0.333. The topological polar surface area (TPSA) is 95.7 Å². The third-order valence-electron chi connectivity index (χ3n) is 4.40. The molecule has 1 aliphatic heterocycles. The monoisotopic (exact) mass is 388 g/mol. The first kappa shape index (κ1) is 18.9. The summed E-state index contributed by atoms with van der Waals surface area (Å²) in [5.74, 6) is 1.49. The molecular weight excluding hydrogens is 368 g/mol. The van der Waals surface area contributed by atoms with Crippen LogP contribution in [0.4, 0.5) is 11.5 Å². The SMILES string of the molecule is CN=C(NCc1ccc([N+](=O)[O-])cc1)NC1CCN(c2ncccc2Cl)C1. The second-order valence-electron chi connectivity index (χ2n) is 6.23. The van der Waals surface area contributed by atoms with Crippen molar-refractivity contribution < 1.29 is 4.92 Å². The standard InChI is InChI=1S/C18H21ClN6O2/c1-20-18(22-11-13-4-6-15(7-5-13)25(26)27)23-14-8-10-24(12-14)17-16(19)3-2-9-21-17/h2-7,9,14H,8,10-12H2,1H3,(H2,20,22,23). The summed E-state index contributed by atoms with van der Waals surface area (Å²) in [5.41, 5.74) is 1.03. The van der Waals surface area contributed by atoms with E-state index in [-0.39, 0.29) is 11.7 Å². The molecule has 2 N–H and O–H groups in total. The normalized spacial score (nSPS) is 17.0. The van der Waals surface area contributed by atoms with Crippen LogP contribution in [0.25, 0.3) is 0 Å². The first-order chi connectivity index (χ1) is 13.1. The minimum Gasteiger partial charge on any atom is -0.353 e. The lowest BCUT2D eigenvalue weighted by Crippen LogP contribution is -2.44. The van der Waals surface area contributed by atoms with E-state index >= 15 is 0 Å². The molecule has 0 bridgehead atoms. The highest BCUT2D eigenvalue weighted by Crippen LogP contribution is 2.25. The lowest BCUT2D eigenvalue weighted by atomic mass is 10.2. The molecule has 1 saturated heterocycles. The maximum absolute atomic E-state index is 10.7. The average molecular weight is 389 g/mol. The van der Waals surface area contributed by atoms with E-state index in [4.69, 9.17) is 11.6 Å². The Balaban J connectivity index is 1.52. The van der Waals surface area contributed by atoms with Crippen LogP contribution in [0.5, 0.6) is 0 Å². The quantitative estimate of drug-likeness (QED) is 0.354. The predicted molar refractivity (Wildman–Crippen MR) is 106 cm³/mol. The Morgan fingerprint density at radius 2 is 2.19 bits per heavy atom. The Morgan fingerprint density at radius 3 is 2.85 bits per heavy atom. The zero-order valence-corrected chi connectivity index (χ0v) is 15.7. The molecule has 2 aromatic rings. The summed E-state index contributed by atoms with van der Waals surface area (Å²) in [6.45, 7) is 2.18. The number of aliphatic imine (C=N–C) groups is 1. The first-order valence-electron chi connectivity index (χ1n) is 8.63. The number of aromatic nitrogens is 1. The van der Waals surface area contributed by atoms with Crippen molar-refractivity contribution in [2.24, 2.45) is 4.99 Å².